The van der Waals surface area contributed by atoms with Crippen molar-refractivity contribution >= 4 is 38.9 Å². The van der Waals surface area contributed by atoms with Crippen LogP contribution in [0.15, 0.2) is 34.1 Å². The number of carbonyl (C=O) groups excluding carboxylic acids is 1. The highest BCUT2D eigenvalue weighted by Crippen LogP contribution is 2.49. The second-order valence-electron chi connectivity index (χ2n) is 5.80. The van der Waals surface area contributed by atoms with Crippen molar-refractivity contribution < 1.29 is 14.3 Å². The third kappa shape index (κ3) is 2.92. The van der Waals surface area contributed by atoms with Crippen LogP contribution in [0.5, 0.6) is 5.75 Å². The summed E-state index contributed by atoms with van der Waals surface area (Å²) in [7, 11) is 0. The number of hydrogen-bond acceptors (Lipinski definition) is 5. The number of amides is 1. The van der Waals surface area contributed by atoms with E-state index in [0.717, 1.165) is 27.3 Å². The Bertz CT molecular complexity index is 750. The van der Waals surface area contributed by atoms with E-state index in [-0.39, 0.29) is 11.9 Å². The Morgan fingerprint density at radius 1 is 1.38 bits per heavy atom. The van der Waals surface area contributed by atoms with Crippen LogP contribution in [-0.2, 0) is 11.3 Å². The molecule has 0 aliphatic carbocycles. The van der Waals surface area contributed by atoms with Gasteiger partial charge in [0.15, 0.2) is 5.75 Å². The number of nitrogens with zero attached hydrogens (tertiary/aromatic N) is 1. The lowest BCUT2D eigenvalue weighted by Crippen LogP contribution is -2.47. The minimum atomic E-state index is -0.0288. The van der Waals surface area contributed by atoms with Crippen LogP contribution in [0.4, 0.5) is 5.69 Å². The summed E-state index contributed by atoms with van der Waals surface area (Å²) in [6.07, 6.45) is 0. The lowest BCUT2D eigenvalue weighted by atomic mass is 10.2. The predicted octanol–water partition coefficient (Wildman–Crippen LogP) is 3.04. The Hall–Kier alpha value is -1.57. The largest absolute Gasteiger partial charge is 0.487 e. The molecule has 2 aromatic rings. The zero-order valence-electron chi connectivity index (χ0n) is 13.0. The minimum Gasteiger partial charge on any atom is -0.487 e. The van der Waals surface area contributed by atoms with Gasteiger partial charge in [-0.2, -0.15) is 0 Å². The first-order chi connectivity index (χ1) is 11.7. The van der Waals surface area contributed by atoms with Gasteiger partial charge < -0.3 is 19.7 Å². The number of anilines is 1. The Morgan fingerprint density at radius 3 is 3.04 bits per heavy atom. The molecule has 2 aliphatic heterocycles. The average molecular weight is 409 g/mol. The van der Waals surface area contributed by atoms with Gasteiger partial charge in [-0.25, -0.2) is 0 Å². The van der Waals surface area contributed by atoms with Crippen molar-refractivity contribution in [1.82, 2.24) is 5.32 Å². The van der Waals surface area contributed by atoms with Crippen molar-refractivity contribution in [1.29, 1.82) is 0 Å². The molecule has 0 unspecified atom stereocenters. The number of carbonyl (C=O) groups is 1. The summed E-state index contributed by atoms with van der Waals surface area (Å²) in [6.45, 7) is 3.10. The Labute approximate surface area is 152 Å². The third-order valence-electron chi connectivity index (χ3n) is 4.21. The van der Waals surface area contributed by atoms with Gasteiger partial charge >= 0.3 is 0 Å². The highest BCUT2D eigenvalue weighted by Gasteiger charge is 2.37. The number of benzene rings is 1. The maximum absolute atomic E-state index is 12.2. The van der Waals surface area contributed by atoms with E-state index in [1.54, 1.807) is 0 Å². The molecule has 24 heavy (non-hydrogen) atoms. The zero-order valence-corrected chi connectivity index (χ0v) is 15.4. The van der Waals surface area contributed by atoms with Crippen LogP contribution in [0.1, 0.15) is 15.2 Å². The van der Waals surface area contributed by atoms with Gasteiger partial charge in [-0.3, -0.25) is 4.79 Å². The van der Waals surface area contributed by atoms with Crippen molar-refractivity contribution in [3.8, 4) is 5.75 Å². The molecule has 0 saturated carbocycles. The first kappa shape index (κ1) is 15.9. The molecular weight excluding hydrogens is 392 g/mol. The van der Waals surface area contributed by atoms with Gasteiger partial charge in [0.25, 0.3) is 5.91 Å². The second-order valence-corrected chi connectivity index (χ2v) is 8.14. The zero-order chi connectivity index (χ0) is 16.5. The van der Waals surface area contributed by atoms with E-state index in [9.17, 15) is 4.79 Å². The van der Waals surface area contributed by atoms with E-state index in [1.807, 2.05) is 18.2 Å². The average Bonchev–Trinajstić information content (AvgIpc) is 2.85. The van der Waals surface area contributed by atoms with Gasteiger partial charge in [-0.1, -0.05) is 30.3 Å². The Balaban J connectivity index is 1.50. The van der Waals surface area contributed by atoms with E-state index >= 15 is 0 Å². The van der Waals surface area contributed by atoms with Gasteiger partial charge in [-0.15, -0.1) is 11.3 Å². The monoisotopic (exact) mass is 408 g/mol. The molecule has 1 aromatic heterocycles. The molecule has 1 N–H and O–H groups in total. The smallest absolute Gasteiger partial charge is 0.263 e. The lowest BCUT2D eigenvalue weighted by molar-refractivity contribution is 0.0868. The number of thiophene rings is 1. The summed E-state index contributed by atoms with van der Waals surface area (Å²) in [4.78, 5) is 15.2. The highest BCUT2D eigenvalue weighted by molar-refractivity contribution is 9.11. The molecule has 0 radical (unpaired) electrons. The summed E-state index contributed by atoms with van der Waals surface area (Å²) in [5, 5.41) is 2.95. The van der Waals surface area contributed by atoms with Crippen LogP contribution in [0.3, 0.4) is 0 Å². The number of halogens is 1. The summed E-state index contributed by atoms with van der Waals surface area (Å²) < 4.78 is 12.7. The SMILES string of the molecule is O=C1NCCN2c3c1sc(Br)c3OC[C@@H]2COCc1ccccc1. The van der Waals surface area contributed by atoms with Crippen LogP contribution in [-0.4, -0.2) is 38.3 Å². The molecule has 1 atom stereocenters. The fourth-order valence-corrected chi connectivity index (χ4v) is 4.75. The summed E-state index contributed by atoms with van der Waals surface area (Å²) in [5.74, 6) is 0.755. The van der Waals surface area contributed by atoms with Gasteiger partial charge in [0, 0.05) is 13.1 Å². The molecule has 3 heterocycles. The molecule has 7 heteroatoms. The Kier molecular flexibility index (Phi) is 4.47. The Morgan fingerprint density at radius 2 is 2.21 bits per heavy atom. The number of rotatable bonds is 4. The maximum Gasteiger partial charge on any atom is 0.263 e. The molecule has 0 saturated heterocycles. The van der Waals surface area contributed by atoms with Crippen LogP contribution < -0.4 is 15.0 Å². The van der Waals surface area contributed by atoms with E-state index in [1.165, 1.54) is 11.3 Å². The van der Waals surface area contributed by atoms with Gasteiger partial charge in [0.2, 0.25) is 0 Å². The number of hydrogen-bond donors (Lipinski definition) is 1. The molecule has 0 bridgehead atoms. The van der Waals surface area contributed by atoms with E-state index in [0.29, 0.717) is 31.2 Å². The first-order valence-corrected chi connectivity index (χ1v) is 9.46. The van der Waals surface area contributed by atoms with E-state index in [2.05, 4.69) is 38.3 Å². The molecule has 5 nitrogen and oxygen atoms in total. The fourth-order valence-electron chi connectivity index (χ4n) is 3.06. The normalized spacial score (nSPS) is 19.3. The molecule has 1 amide bonds. The third-order valence-corrected chi connectivity index (χ3v) is 6.01. The number of nitrogens with one attached hydrogen (secondary N) is 1. The molecular formula is C17H17BrN2O3S. The summed E-state index contributed by atoms with van der Waals surface area (Å²) >= 11 is 4.94. The minimum absolute atomic E-state index is 0.0288. The molecule has 126 valence electrons. The first-order valence-electron chi connectivity index (χ1n) is 7.85. The van der Waals surface area contributed by atoms with E-state index in [4.69, 9.17) is 9.47 Å². The van der Waals surface area contributed by atoms with Crippen LogP contribution in [0.2, 0.25) is 0 Å². The van der Waals surface area contributed by atoms with Crippen LogP contribution >= 0.6 is 27.3 Å². The predicted molar refractivity (Wildman–Crippen MR) is 97.1 cm³/mol. The van der Waals surface area contributed by atoms with Crippen molar-refractivity contribution in [2.75, 3.05) is 31.2 Å². The molecule has 0 fully saturated rings. The standard InChI is InChI=1S/C17H17BrN2O3S/c18-16-14-13-15(24-16)17(21)19-6-7-20(13)12(10-23-14)9-22-8-11-4-2-1-3-5-11/h1-5,12H,6-10H2,(H,19,21)/t12-/m0/s1. The maximum atomic E-state index is 12.2. The fraction of sp³-hybridized carbons (Fsp3) is 0.353. The molecule has 0 spiro atoms. The quantitative estimate of drug-likeness (QED) is 0.844. The second kappa shape index (κ2) is 6.74. The van der Waals surface area contributed by atoms with Crippen LogP contribution in [0.25, 0.3) is 0 Å². The lowest BCUT2D eigenvalue weighted by Gasteiger charge is -2.36. The van der Waals surface area contributed by atoms with Crippen molar-refractivity contribution in [2.24, 2.45) is 0 Å². The van der Waals surface area contributed by atoms with Crippen molar-refractivity contribution in [3.63, 3.8) is 0 Å². The molecule has 1 aromatic carbocycles. The topological polar surface area (TPSA) is 50.8 Å². The van der Waals surface area contributed by atoms with Gasteiger partial charge in [-0.05, 0) is 21.5 Å². The van der Waals surface area contributed by atoms with E-state index < -0.39 is 0 Å². The van der Waals surface area contributed by atoms with Crippen LogP contribution in [0, 0.1) is 0 Å². The highest BCUT2D eigenvalue weighted by atomic mass is 79.9. The molecule has 2 aliphatic rings. The van der Waals surface area contributed by atoms with Gasteiger partial charge in [0.05, 0.1) is 19.3 Å². The summed E-state index contributed by atoms with van der Waals surface area (Å²) in [5.41, 5.74) is 2.06. The molecule has 4 rings (SSSR count). The van der Waals surface area contributed by atoms with Crippen molar-refractivity contribution in [3.05, 3.63) is 44.6 Å². The number of ether oxygens (including phenoxy) is 2. The summed E-state index contributed by atoms with van der Waals surface area (Å²) in [6, 6.07) is 10.2. The van der Waals surface area contributed by atoms with Gasteiger partial charge in [0.1, 0.15) is 21.0 Å². The van der Waals surface area contributed by atoms with Crippen molar-refractivity contribution in [2.45, 2.75) is 12.6 Å².